The molecule has 90 valence electrons. The zero-order valence-corrected chi connectivity index (χ0v) is 10.2. The normalized spacial score (nSPS) is 15.1. The standard InChI is InChI=1S/C13H16N2O2/c1-3-12-11(7-9(2)14-15-12)13(16)10-5-4-6-17-8-10/h7-8H,3-6H2,1-2H3. The molecule has 0 N–H and O–H groups in total. The number of aromatic nitrogens is 2. The molecule has 1 aliphatic heterocycles. The second-order valence-electron chi connectivity index (χ2n) is 4.15. The predicted molar refractivity (Wildman–Crippen MR) is 63.7 cm³/mol. The lowest BCUT2D eigenvalue weighted by atomic mass is 9.98. The first-order valence-corrected chi connectivity index (χ1v) is 5.91. The van der Waals surface area contributed by atoms with E-state index in [4.69, 9.17) is 4.74 Å². The van der Waals surface area contributed by atoms with Gasteiger partial charge in [0.1, 0.15) is 0 Å². The van der Waals surface area contributed by atoms with Gasteiger partial charge < -0.3 is 4.74 Å². The third-order valence-corrected chi connectivity index (χ3v) is 2.80. The summed E-state index contributed by atoms with van der Waals surface area (Å²) < 4.78 is 5.21. The van der Waals surface area contributed by atoms with Gasteiger partial charge in [-0.25, -0.2) is 0 Å². The Kier molecular flexibility index (Phi) is 3.52. The van der Waals surface area contributed by atoms with Crippen molar-refractivity contribution in [2.24, 2.45) is 0 Å². The first-order chi connectivity index (χ1) is 8.22. The van der Waals surface area contributed by atoms with E-state index in [1.165, 1.54) is 0 Å². The van der Waals surface area contributed by atoms with Crippen molar-refractivity contribution < 1.29 is 9.53 Å². The van der Waals surface area contributed by atoms with Crippen molar-refractivity contribution in [1.29, 1.82) is 0 Å². The summed E-state index contributed by atoms with van der Waals surface area (Å²) in [7, 11) is 0. The third kappa shape index (κ3) is 2.52. The van der Waals surface area contributed by atoms with Gasteiger partial charge in [0.15, 0.2) is 5.78 Å². The van der Waals surface area contributed by atoms with Gasteiger partial charge >= 0.3 is 0 Å². The number of ketones is 1. The molecule has 4 heteroatoms. The number of aryl methyl sites for hydroxylation is 2. The fourth-order valence-electron chi connectivity index (χ4n) is 1.88. The fraction of sp³-hybridized carbons (Fsp3) is 0.462. The van der Waals surface area contributed by atoms with Crippen LogP contribution in [0.4, 0.5) is 0 Å². The van der Waals surface area contributed by atoms with Crippen LogP contribution in [0.25, 0.3) is 0 Å². The van der Waals surface area contributed by atoms with Crippen LogP contribution < -0.4 is 0 Å². The van der Waals surface area contributed by atoms with Gasteiger partial charge in [0.05, 0.1) is 24.3 Å². The number of carbonyl (C=O) groups is 1. The zero-order chi connectivity index (χ0) is 12.3. The van der Waals surface area contributed by atoms with E-state index < -0.39 is 0 Å². The second-order valence-corrected chi connectivity index (χ2v) is 4.15. The molecule has 0 aromatic carbocycles. The second kappa shape index (κ2) is 5.08. The van der Waals surface area contributed by atoms with Crippen molar-refractivity contribution in [3.05, 3.63) is 34.9 Å². The quantitative estimate of drug-likeness (QED) is 0.750. The summed E-state index contributed by atoms with van der Waals surface area (Å²) in [5.74, 6) is 0.0274. The molecule has 0 atom stereocenters. The number of hydrogen-bond acceptors (Lipinski definition) is 4. The van der Waals surface area contributed by atoms with E-state index >= 15 is 0 Å². The van der Waals surface area contributed by atoms with Crippen LogP contribution in [-0.2, 0) is 11.2 Å². The molecule has 0 spiro atoms. The maximum atomic E-state index is 12.3. The van der Waals surface area contributed by atoms with Crippen LogP contribution in [0.15, 0.2) is 17.9 Å². The lowest BCUT2D eigenvalue weighted by Crippen LogP contribution is -2.13. The van der Waals surface area contributed by atoms with Crippen molar-refractivity contribution >= 4 is 5.78 Å². The average Bonchev–Trinajstić information content (AvgIpc) is 2.39. The van der Waals surface area contributed by atoms with Gasteiger partial charge in [-0.1, -0.05) is 6.92 Å². The van der Waals surface area contributed by atoms with Crippen molar-refractivity contribution in [3.8, 4) is 0 Å². The summed E-state index contributed by atoms with van der Waals surface area (Å²) in [6.07, 6.45) is 3.98. The highest BCUT2D eigenvalue weighted by Gasteiger charge is 2.19. The van der Waals surface area contributed by atoms with Crippen molar-refractivity contribution in [2.45, 2.75) is 33.1 Å². The van der Waals surface area contributed by atoms with E-state index in [1.54, 1.807) is 6.26 Å². The van der Waals surface area contributed by atoms with E-state index in [9.17, 15) is 4.79 Å². The average molecular weight is 232 g/mol. The highest BCUT2D eigenvalue weighted by molar-refractivity contribution is 6.09. The molecular weight excluding hydrogens is 216 g/mol. The van der Waals surface area contributed by atoms with Gasteiger partial charge in [-0.3, -0.25) is 4.79 Å². The van der Waals surface area contributed by atoms with E-state index in [1.807, 2.05) is 19.9 Å². The highest BCUT2D eigenvalue weighted by Crippen LogP contribution is 2.19. The Morgan fingerprint density at radius 1 is 1.47 bits per heavy atom. The summed E-state index contributed by atoms with van der Waals surface area (Å²) in [5, 5.41) is 8.06. The maximum absolute atomic E-state index is 12.3. The van der Waals surface area contributed by atoms with E-state index in [-0.39, 0.29) is 5.78 Å². The Morgan fingerprint density at radius 2 is 2.29 bits per heavy atom. The van der Waals surface area contributed by atoms with Crippen LogP contribution in [0, 0.1) is 6.92 Å². The summed E-state index contributed by atoms with van der Waals surface area (Å²) in [6.45, 7) is 4.52. The van der Waals surface area contributed by atoms with E-state index in [0.717, 1.165) is 29.8 Å². The number of allylic oxidation sites excluding steroid dienone is 1. The molecule has 2 rings (SSSR count). The van der Waals surface area contributed by atoms with Gasteiger partial charge in [-0.05, 0) is 32.3 Å². The number of Topliss-reactive ketones (excluding diaryl/α,β-unsaturated/α-hetero) is 1. The van der Waals surface area contributed by atoms with Gasteiger partial charge in [0, 0.05) is 11.1 Å². The van der Waals surface area contributed by atoms with Crippen LogP contribution in [0.1, 0.15) is 41.5 Å². The first kappa shape index (κ1) is 11.8. The van der Waals surface area contributed by atoms with Crippen LogP contribution in [-0.4, -0.2) is 22.6 Å². The number of hydrogen-bond donors (Lipinski definition) is 0. The molecule has 0 saturated carbocycles. The minimum absolute atomic E-state index is 0.0274. The SMILES string of the molecule is CCc1nnc(C)cc1C(=O)C1=COCCC1. The fourth-order valence-corrected chi connectivity index (χ4v) is 1.88. The Hall–Kier alpha value is -1.71. The summed E-state index contributed by atoms with van der Waals surface area (Å²) >= 11 is 0. The number of ether oxygens (including phenoxy) is 1. The van der Waals surface area contributed by atoms with Crippen molar-refractivity contribution in [3.63, 3.8) is 0 Å². The first-order valence-electron chi connectivity index (χ1n) is 5.91. The van der Waals surface area contributed by atoms with Crippen molar-refractivity contribution in [1.82, 2.24) is 10.2 Å². The Bertz CT molecular complexity index is 466. The predicted octanol–water partition coefficient (Wildman–Crippen LogP) is 2.22. The Labute approximate surface area is 101 Å². The van der Waals surface area contributed by atoms with Gasteiger partial charge in [0.25, 0.3) is 0 Å². The Balaban J connectivity index is 2.35. The molecular formula is C13H16N2O2. The van der Waals surface area contributed by atoms with Crippen molar-refractivity contribution in [2.75, 3.05) is 6.61 Å². The lowest BCUT2D eigenvalue weighted by Gasteiger charge is -2.13. The number of rotatable bonds is 3. The maximum Gasteiger partial charge on any atom is 0.194 e. The molecule has 1 aromatic rings. The van der Waals surface area contributed by atoms with Crippen LogP contribution >= 0.6 is 0 Å². The van der Waals surface area contributed by atoms with Gasteiger partial charge in [-0.2, -0.15) is 10.2 Å². The number of nitrogens with zero attached hydrogens (tertiary/aromatic N) is 2. The summed E-state index contributed by atoms with van der Waals surface area (Å²) in [4.78, 5) is 12.3. The molecule has 0 amide bonds. The van der Waals surface area contributed by atoms with Crippen LogP contribution in [0.3, 0.4) is 0 Å². The molecule has 1 aliphatic rings. The summed E-state index contributed by atoms with van der Waals surface area (Å²) in [5.41, 5.74) is 2.92. The van der Waals surface area contributed by atoms with Crippen LogP contribution in [0.2, 0.25) is 0 Å². The molecule has 1 aromatic heterocycles. The topological polar surface area (TPSA) is 52.1 Å². The summed E-state index contributed by atoms with van der Waals surface area (Å²) in [6, 6.07) is 1.81. The monoisotopic (exact) mass is 232 g/mol. The molecule has 0 bridgehead atoms. The van der Waals surface area contributed by atoms with Gasteiger partial charge in [-0.15, -0.1) is 0 Å². The zero-order valence-electron chi connectivity index (χ0n) is 10.2. The molecule has 2 heterocycles. The molecule has 0 aliphatic carbocycles. The molecule has 0 saturated heterocycles. The molecule has 4 nitrogen and oxygen atoms in total. The molecule has 0 unspecified atom stereocenters. The van der Waals surface area contributed by atoms with E-state index in [2.05, 4.69) is 10.2 Å². The number of carbonyl (C=O) groups excluding carboxylic acids is 1. The highest BCUT2D eigenvalue weighted by atomic mass is 16.5. The minimum Gasteiger partial charge on any atom is -0.501 e. The van der Waals surface area contributed by atoms with Crippen LogP contribution in [0.5, 0.6) is 0 Å². The molecule has 17 heavy (non-hydrogen) atoms. The Morgan fingerprint density at radius 3 is 2.94 bits per heavy atom. The third-order valence-electron chi connectivity index (χ3n) is 2.80. The van der Waals surface area contributed by atoms with Gasteiger partial charge in [0.2, 0.25) is 0 Å². The van der Waals surface area contributed by atoms with E-state index in [0.29, 0.717) is 18.6 Å². The minimum atomic E-state index is 0.0274. The lowest BCUT2D eigenvalue weighted by molar-refractivity contribution is 0.101. The molecule has 0 fully saturated rings. The largest absolute Gasteiger partial charge is 0.501 e. The smallest absolute Gasteiger partial charge is 0.194 e. The molecule has 0 radical (unpaired) electrons.